The molecule has 2 aromatic carbocycles. The van der Waals surface area contributed by atoms with Crippen molar-refractivity contribution in [1.29, 1.82) is 0 Å². The zero-order valence-corrected chi connectivity index (χ0v) is 20.9. The molecule has 0 aliphatic carbocycles. The number of H-pyrrole nitrogens is 1. The molecule has 11 heteroatoms. The Bertz CT molecular complexity index is 1500. The largest absolute Gasteiger partial charge is 0.507 e. The molecule has 0 saturated carbocycles. The first-order valence-corrected chi connectivity index (χ1v) is 12.0. The number of aromatic amines is 1. The number of hydrogen-bond donors (Lipinski definition) is 5. The lowest BCUT2D eigenvalue weighted by molar-refractivity contribution is -0.268. The third-order valence-electron chi connectivity index (χ3n) is 6.84. The number of ether oxygens (including phenoxy) is 2. The van der Waals surface area contributed by atoms with Crippen molar-refractivity contribution >= 4 is 10.9 Å². The van der Waals surface area contributed by atoms with Gasteiger partial charge in [-0.2, -0.15) is 5.10 Å². The molecule has 196 valence electrons. The Balaban J connectivity index is 1.56. The van der Waals surface area contributed by atoms with Gasteiger partial charge in [0.05, 0.1) is 17.4 Å². The second kappa shape index (κ2) is 9.34. The summed E-state index contributed by atoms with van der Waals surface area (Å²) < 4.78 is 14.8. The first-order valence-electron chi connectivity index (χ1n) is 12.0. The second-order valence-corrected chi connectivity index (χ2v) is 9.72. The van der Waals surface area contributed by atoms with E-state index in [1.165, 1.54) is 10.6 Å². The van der Waals surface area contributed by atoms with Crippen LogP contribution in [0.4, 0.5) is 0 Å². The fourth-order valence-corrected chi connectivity index (χ4v) is 4.68. The number of aliphatic hydroxyl groups is 3. The van der Waals surface area contributed by atoms with Crippen molar-refractivity contribution in [3.8, 4) is 28.6 Å². The van der Waals surface area contributed by atoms with Crippen LogP contribution in [0.3, 0.4) is 0 Å². The second-order valence-electron chi connectivity index (χ2n) is 9.72. The van der Waals surface area contributed by atoms with Gasteiger partial charge in [0.15, 0.2) is 5.82 Å². The highest BCUT2D eigenvalue weighted by molar-refractivity contribution is 5.82. The molecule has 2 aromatic heterocycles. The van der Waals surface area contributed by atoms with Crippen molar-refractivity contribution in [2.45, 2.75) is 57.4 Å². The number of phenolic OH excluding ortho intramolecular Hbond substituents is 1. The number of phenols is 1. The fourth-order valence-electron chi connectivity index (χ4n) is 4.68. The third-order valence-corrected chi connectivity index (χ3v) is 6.84. The highest BCUT2D eigenvalue weighted by atomic mass is 16.7. The van der Waals surface area contributed by atoms with Gasteiger partial charge >= 0.3 is 5.69 Å². The van der Waals surface area contributed by atoms with Gasteiger partial charge < -0.3 is 34.5 Å². The summed E-state index contributed by atoms with van der Waals surface area (Å²) in [5, 5.41) is 49.1. The van der Waals surface area contributed by atoms with E-state index in [1.807, 2.05) is 55.9 Å². The molecule has 5 N–H and O–H groups in total. The molecule has 5 atom stereocenters. The van der Waals surface area contributed by atoms with E-state index in [-0.39, 0.29) is 23.2 Å². The Morgan fingerprint density at radius 2 is 1.84 bits per heavy atom. The van der Waals surface area contributed by atoms with E-state index in [0.29, 0.717) is 16.8 Å². The highest BCUT2D eigenvalue weighted by Gasteiger charge is 2.43. The number of aryl methyl sites for hydroxylation is 1. The van der Waals surface area contributed by atoms with Gasteiger partial charge in [-0.3, -0.25) is 0 Å². The van der Waals surface area contributed by atoms with Crippen LogP contribution in [-0.2, 0) is 11.8 Å². The van der Waals surface area contributed by atoms with Crippen molar-refractivity contribution < 1.29 is 29.9 Å². The van der Waals surface area contributed by atoms with Gasteiger partial charge in [0, 0.05) is 30.2 Å². The Hall–Kier alpha value is -3.64. The molecular formula is C26H30N4O7. The van der Waals surface area contributed by atoms with Crippen LogP contribution in [0.2, 0.25) is 0 Å². The van der Waals surface area contributed by atoms with E-state index in [4.69, 9.17) is 9.47 Å². The predicted octanol–water partition coefficient (Wildman–Crippen LogP) is 1.75. The van der Waals surface area contributed by atoms with Gasteiger partial charge in [0.25, 0.3) is 0 Å². The maximum absolute atomic E-state index is 12.8. The number of aromatic hydroxyl groups is 1. The Morgan fingerprint density at radius 1 is 1.08 bits per heavy atom. The molecule has 4 aromatic rings. The molecule has 0 amide bonds. The molecule has 11 nitrogen and oxygen atoms in total. The average molecular weight is 511 g/mol. The molecule has 3 heterocycles. The van der Waals surface area contributed by atoms with Gasteiger partial charge in [0.1, 0.15) is 29.8 Å². The molecule has 0 bridgehead atoms. The summed E-state index contributed by atoms with van der Waals surface area (Å²) in [5.41, 5.74) is 2.08. The number of fused-ring (bicyclic) bond motifs is 1. The molecule has 1 saturated heterocycles. The Morgan fingerprint density at radius 3 is 2.57 bits per heavy atom. The quantitative estimate of drug-likeness (QED) is 0.272. The summed E-state index contributed by atoms with van der Waals surface area (Å²) in [7, 11) is 1.94. The third kappa shape index (κ3) is 4.29. The van der Waals surface area contributed by atoms with Gasteiger partial charge in [-0.25, -0.2) is 14.5 Å². The van der Waals surface area contributed by atoms with Crippen molar-refractivity contribution in [3.63, 3.8) is 0 Å². The predicted molar refractivity (Wildman–Crippen MR) is 135 cm³/mol. The van der Waals surface area contributed by atoms with Gasteiger partial charge in [0.2, 0.25) is 6.29 Å². The topological polar surface area (TPSA) is 155 Å². The average Bonchev–Trinajstić information content (AvgIpc) is 3.43. The zero-order valence-electron chi connectivity index (χ0n) is 20.9. The van der Waals surface area contributed by atoms with E-state index in [9.17, 15) is 25.2 Å². The minimum Gasteiger partial charge on any atom is -0.507 e. The molecule has 0 unspecified atom stereocenters. The lowest BCUT2D eigenvalue weighted by atomic mass is 9.97. The SMILES string of the molecule is CC(C)c1cc(-c2n[nH]c(=O)n2-c2ccc3c(ccn3C)c2)c(O)cc1O[C@@H]1O[C@@H](C)[C@@H](O)[C@@H](O)[C@@H]1O. The first-order chi connectivity index (χ1) is 17.6. The fraction of sp³-hybridized carbons (Fsp3) is 0.385. The Kier molecular flexibility index (Phi) is 6.32. The molecule has 0 spiro atoms. The van der Waals surface area contributed by atoms with Crippen molar-refractivity contribution in [2.75, 3.05) is 0 Å². The maximum atomic E-state index is 12.8. The number of nitrogens with zero attached hydrogens (tertiary/aromatic N) is 3. The molecule has 1 aliphatic heterocycles. The van der Waals surface area contributed by atoms with Crippen LogP contribution in [0, 0.1) is 0 Å². The van der Waals surface area contributed by atoms with E-state index in [2.05, 4.69) is 10.2 Å². The summed E-state index contributed by atoms with van der Waals surface area (Å²) in [6, 6.07) is 10.6. The minimum absolute atomic E-state index is 0.0946. The van der Waals surface area contributed by atoms with Crippen molar-refractivity contribution in [1.82, 2.24) is 19.3 Å². The summed E-state index contributed by atoms with van der Waals surface area (Å²) in [6.07, 6.45) is -4.33. The van der Waals surface area contributed by atoms with E-state index in [1.54, 1.807) is 13.0 Å². The molecule has 37 heavy (non-hydrogen) atoms. The lowest BCUT2D eigenvalue weighted by Gasteiger charge is -2.39. The van der Waals surface area contributed by atoms with E-state index < -0.39 is 36.4 Å². The summed E-state index contributed by atoms with van der Waals surface area (Å²) in [6.45, 7) is 5.40. The van der Waals surface area contributed by atoms with Crippen molar-refractivity contribution in [3.05, 3.63) is 58.6 Å². The summed E-state index contributed by atoms with van der Waals surface area (Å²) >= 11 is 0. The van der Waals surface area contributed by atoms with Gasteiger partial charge in [-0.05, 0) is 48.7 Å². The highest BCUT2D eigenvalue weighted by Crippen LogP contribution is 2.39. The minimum atomic E-state index is -1.50. The van der Waals surface area contributed by atoms with Crippen LogP contribution >= 0.6 is 0 Å². The Labute approximate surface area is 212 Å². The molecular weight excluding hydrogens is 480 g/mol. The molecule has 1 aliphatic rings. The van der Waals surface area contributed by atoms with E-state index >= 15 is 0 Å². The molecule has 5 rings (SSSR count). The number of aromatic nitrogens is 4. The number of rotatable bonds is 5. The number of hydrogen-bond acceptors (Lipinski definition) is 8. The van der Waals surface area contributed by atoms with Gasteiger partial charge in [-0.15, -0.1) is 0 Å². The number of nitrogens with one attached hydrogen (secondary N) is 1. The molecule has 0 radical (unpaired) electrons. The number of benzene rings is 2. The zero-order chi connectivity index (χ0) is 26.6. The molecule has 1 fully saturated rings. The van der Waals surface area contributed by atoms with Crippen LogP contribution in [0.1, 0.15) is 32.3 Å². The number of aliphatic hydroxyl groups excluding tert-OH is 3. The summed E-state index contributed by atoms with van der Waals surface area (Å²) in [5.74, 6) is 0.140. The van der Waals surface area contributed by atoms with Crippen LogP contribution in [0.25, 0.3) is 28.0 Å². The van der Waals surface area contributed by atoms with Crippen LogP contribution in [0.15, 0.2) is 47.4 Å². The monoisotopic (exact) mass is 510 g/mol. The van der Waals surface area contributed by atoms with Gasteiger partial charge in [-0.1, -0.05) is 13.8 Å². The van der Waals surface area contributed by atoms with Crippen LogP contribution < -0.4 is 10.4 Å². The van der Waals surface area contributed by atoms with Crippen molar-refractivity contribution in [2.24, 2.45) is 7.05 Å². The lowest BCUT2D eigenvalue weighted by Crippen LogP contribution is -2.58. The standard InChI is InChI=1S/C26H30N4O7/c1-12(2)16-10-17(19(31)11-20(16)37-25-23(34)22(33)21(32)13(3)36-25)24-27-28-26(35)30(24)15-5-6-18-14(9-15)7-8-29(18)4/h5-13,21-23,25,31-34H,1-4H3,(H,28,35)/t13-,21+,22+,23-,25-/m0/s1. The van der Waals surface area contributed by atoms with Crippen LogP contribution in [-0.4, -0.2) is 70.5 Å². The first kappa shape index (κ1) is 25.0. The smallest absolute Gasteiger partial charge is 0.348 e. The summed E-state index contributed by atoms with van der Waals surface area (Å²) in [4.78, 5) is 12.8. The van der Waals surface area contributed by atoms with E-state index in [0.717, 1.165) is 10.9 Å². The van der Waals surface area contributed by atoms with Crippen LogP contribution in [0.5, 0.6) is 11.5 Å². The maximum Gasteiger partial charge on any atom is 0.348 e. The normalized spacial score (nSPS) is 24.2.